The third-order valence-corrected chi connectivity index (χ3v) is 7.23. The summed E-state index contributed by atoms with van der Waals surface area (Å²) >= 11 is 1.48. The molecule has 1 aromatic heterocycles. The van der Waals surface area contributed by atoms with Crippen molar-refractivity contribution in [2.75, 3.05) is 14.2 Å². The molecule has 0 fully saturated rings. The van der Waals surface area contributed by atoms with Crippen LogP contribution in [-0.4, -0.2) is 31.1 Å². The number of carbonyl (C=O) groups is 2. The summed E-state index contributed by atoms with van der Waals surface area (Å²) in [6.45, 7) is 3.77. The Kier molecular flexibility index (Phi) is 6.33. The maximum atomic E-state index is 13.3. The smallest absolute Gasteiger partial charge is 0.336 e. The number of hydrogen-bond donors (Lipinski definition) is 1. The normalized spacial score (nSPS) is 22.4. The zero-order chi connectivity index (χ0) is 23.6. The number of carbonyl (C=O) groups excluding carboxylic acids is 2. The molecule has 3 aromatic rings. The Morgan fingerprint density at radius 1 is 1.00 bits per heavy atom. The molecule has 3 atom stereocenters. The van der Waals surface area contributed by atoms with E-state index in [1.807, 2.05) is 79.9 Å². The van der Waals surface area contributed by atoms with Gasteiger partial charge in [-0.05, 0) is 19.4 Å². The molecule has 0 bridgehead atoms. The van der Waals surface area contributed by atoms with Gasteiger partial charge in [0, 0.05) is 22.6 Å². The summed E-state index contributed by atoms with van der Waals surface area (Å²) < 4.78 is 10.4. The fourth-order valence-electron chi connectivity index (χ4n) is 4.62. The Bertz CT molecular complexity index is 1190. The van der Waals surface area contributed by atoms with Crippen molar-refractivity contribution in [3.05, 3.63) is 87.9 Å². The van der Waals surface area contributed by atoms with Crippen LogP contribution in [0.1, 0.15) is 30.3 Å². The average Bonchev–Trinajstić information content (AvgIpc) is 3.35. The topological polar surface area (TPSA) is 77.5 Å². The van der Waals surface area contributed by atoms with Gasteiger partial charge in [0.2, 0.25) is 0 Å². The fraction of sp³-hybridized carbons (Fsp3) is 0.269. The second kappa shape index (κ2) is 9.19. The highest BCUT2D eigenvalue weighted by Crippen LogP contribution is 2.49. The van der Waals surface area contributed by atoms with Crippen molar-refractivity contribution in [3.63, 3.8) is 0 Å². The van der Waals surface area contributed by atoms with Gasteiger partial charge in [-0.3, -0.25) is 4.79 Å². The lowest BCUT2D eigenvalue weighted by atomic mass is 9.67. The van der Waals surface area contributed by atoms with Crippen molar-refractivity contribution in [2.24, 2.45) is 5.92 Å². The number of nitrogens with zero attached hydrogens (tertiary/aromatic N) is 1. The van der Waals surface area contributed by atoms with Crippen LogP contribution in [0.5, 0.6) is 0 Å². The van der Waals surface area contributed by atoms with Crippen molar-refractivity contribution < 1.29 is 19.1 Å². The van der Waals surface area contributed by atoms with Gasteiger partial charge in [-0.2, -0.15) is 0 Å². The molecule has 2 heterocycles. The third kappa shape index (κ3) is 4.04. The SMILES string of the molecule is COC(=O)C1=C(C)NC(C)(c2nc(-c3ccccc3)cs2)C(C(=O)OC)C1c1ccccc1. The van der Waals surface area contributed by atoms with Gasteiger partial charge in [0.05, 0.1) is 31.4 Å². The maximum Gasteiger partial charge on any atom is 0.336 e. The van der Waals surface area contributed by atoms with E-state index in [1.54, 1.807) is 0 Å². The maximum absolute atomic E-state index is 13.3. The van der Waals surface area contributed by atoms with E-state index in [0.717, 1.165) is 21.8 Å². The number of thiazole rings is 1. The molecule has 0 saturated heterocycles. The minimum atomic E-state index is -0.910. The number of aromatic nitrogens is 1. The zero-order valence-electron chi connectivity index (χ0n) is 19.0. The second-order valence-electron chi connectivity index (χ2n) is 8.15. The molecule has 0 aliphatic carbocycles. The second-order valence-corrected chi connectivity index (χ2v) is 9.01. The molecule has 0 spiro atoms. The summed E-state index contributed by atoms with van der Waals surface area (Å²) in [6.07, 6.45) is 0. The third-order valence-electron chi connectivity index (χ3n) is 6.15. The molecule has 6 nitrogen and oxygen atoms in total. The van der Waals surface area contributed by atoms with Crippen molar-refractivity contribution in [2.45, 2.75) is 25.3 Å². The number of ether oxygens (including phenoxy) is 2. The molecule has 3 unspecified atom stereocenters. The number of rotatable bonds is 5. The lowest BCUT2D eigenvalue weighted by Gasteiger charge is -2.45. The predicted octanol–water partition coefficient (Wildman–Crippen LogP) is 4.65. The molecular weight excluding hydrogens is 436 g/mol. The molecule has 0 radical (unpaired) electrons. The molecule has 7 heteroatoms. The van der Waals surface area contributed by atoms with Crippen LogP contribution in [0.25, 0.3) is 11.3 Å². The van der Waals surface area contributed by atoms with Crippen LogP contribution >= 0.6 is 11.3 Å². The molecule has 2 aromatic carbocycles. The van der Waals surface area contributed by atoms with Crippen molar-refractivity contribution in [1.29, 1.82) is 0 Å². The molecular formula is C26H26N2O4S. The van der Waals surface area contributed by atoms with Gasteiger partial charge in [0.25, 0.3) is 0 Å². The molecule has 4 rings (SSSR count). The summed E-state index contributed by atoms with van der Waals surface area (Å²) in [5, 5.41) is 6.15. The first-order valence-electron chi connectivity index (χ1n) is 10.6. The number of nitrogens with one attached hydrogen (secondary N) is 1. The first kappa shape index (κ1) is 22.7. The predicted molar refractivity (Wildman–Crippen MR) is 127 cm³/mol. The Morgan fingerprint density at radius 2 is 1.64 bits per heavy atom. The van der Waals surface area contributed by atoms with Crippen molar-refractivity contribution in [3.8, 4) is 11.3 Å². The van der Waals surface area contributed by atoms with E-state index < -0.39 is 29.3 Å². The number of methoxy groups -OCH3 is 2. The Balaban J connectivity index is 1.91. The average molecular weight is 463 g/mol. The van der Waals surface area contributed by atoms with Crippen LogP contribution in [0.3, 0.4) is 0 Å². The Hall–Kier alpha value is -3.45. The van der Waals surface area contributed by atoms with Crippen LogP contribution in [0.2, 0.25) is 0 Å². The van der Waals surface area contributed by atoms with E-state index in [9.17, 15) is 9.59 Å². The lowest BCUT2D eigenvalue weighted by Crippen LogP contribution is -2.55. The summed E-state index contributed by atoms with van der Waals surface area (Å²) in [4.78, 5) is 31.1. The van der Waals surface area contributed by atoms with Gasteiger partial charge in [0.1, 0.15) is 10.5 Å². The summed E-state index contributed by atoms with van der Waals surface area (Å²) in [6, 6.07) is 19.4. The van der Waals surface area contributed by atoms with E-state index in [4.69, 9.17) is 14.5 Å². The molecule has 1 N–H and O–H groups in total. The van der Waals surface area contributed by atoms with E-state index in [2.05, 4.69) is 5.32 Å². The van der Waals surface area contributed by atoms with E-state index >= 15 is 0 Å². The summed E-state index contributed by atoms with van der Waals surface area (Å²) in [7, 11) is 2.71. The van der Waals surface area contributed by atoms with Crippen LogP contribution in [0.15, 0.2) is 77.3 Å². The van der Waals surface area contributed by atoms with Gasteiger partial charge >= 0.3 is 11.9 Å². The number of esters is 2. The first-order valence-corrected chi connectivity index (χ1v) is 11.5. The van der Waals surface area contributed by atoms with E-state index in [1.165, 1.54) is 25.6 Å². The summed E-state index contributed by atoms with van der Waals surface area (Å²) in [5.74, 6) is -2.22. The Morgan fingerprint density at radius 3 is 2.24 bits per heavy atom. The molecule has 170 valence electrons. The minimum absolute atomic E-state index is 0.413. The van der Waals surface area contributed by atoms with Gasteiger partial charge < -0.3 is 14.8 Å². The van der Waals surface area contributed by atoms with Crippen molar-refractivity contribution >= 4 is 23.3 Å². The molecule has 1 aliphatic rings. The van der Waals surface area contributed by atoms with Crippen LogP contribution in [0.4, 0.5) is 0 Å². The van der Waals surface area contributed by atoms with Gasteiger partial charge in [0.15, 0.2) is 0 Å². The van der Waals surface area contributed by atoms with Crippen molar-refractivity contribution in [1.82, 2.24) is 10.3 Å². The highest BCUT2D eigenvalue weighted by molar-refractivity contribution is 7.10. The fourth-order valence-corrected chi connectivity index (χ4v) is 5.60. The van der Waals surface area contributed by atoms with Gasteiger partial charge in [-0.25, -0.2) is 9.78 Å². The highest BCUT2D eigenvalue weighted by atomic mass is 32.1. The van der Waals surface area contributed by atoms with Crippen LogP contribution < -0.4 is 5.32 Å². The van der Waals surface area contributed by atoms with Gasteiger partial charge in [-0.1, -0.05) is 60.7 Å². The lowest BCUT2D eigenvalue weighted by molar-refractivity contribution is -0.150. The molecule has 33 heavy (non-hydrogen) atoms. The highest BCUT2D eigenvalue weighted by Gasteiger charge is 2.54. The summed E-state index contributed by atoms with van der Waals surface area (Å²) in [5.41, 5.74) is 2.81. The molecule has 0 amide bonds. The van der Waals surface area contributed by atoms with E-state index in [0.29, 0.717) is 11.3 Å². The number of benzene rings is 2. The zero-order valence-corrected chi connectivity index (χ0v) is 19.8. The quantitative estimate of drug-likeness (QED) is 0.556. The minimum Gasteiger partial charge on any atom is -0.469 e. The molecule has 1 aliphatic heterocycles. The number of hydrogen-bond acceptors (Lipinski definition) is 7. The van der Waals surface area contributed by atoms with Crippen LogP contribution in [-0.2, 0) is 24.6 Å². The van der Waals surface area contributed by atoms with E-state index in [-0.39, 0.29) is 0 Å². The molecule has 0 saturated carbocycles. The largest absolute Gasteiger partial charge is 0.469 e. The van der Waals surface area contributed by atoms with Gasteiger partial charge in [-0.15, -0.1) is 11.3 Å². The number of allylic oxidation sites excluding steroid dienone is 1. The first-order chi connectivity index (χ1) is 15.9. The monoisotopic (exact) mass is 462 g/mol. The van der Waals surface area contributed by atoms with Crippen LogP contribution in [0, 0.1) is 5.92 Å². The Labute approximate surface area is 197 Å². The standard InChI is InChI=1S/C26H26N2O4S/c1-16-20(23(29)31-3)21(18-13-9-6-10-14-18)22(24(30)32-4)26(2,28-16)25-27-19(15-33-25)17-11-7-5-8-12-17/h5-15,21-22,28H,1-4H3.